The number of amides is 6. The van der Waals surface area contributed by atoms with E-state index in [2.05, 4.69) is 26.6 Å². The first-order chi connectivity index (χ1) is 37.8. The van der Waals surface area contributed by atoms with Crippen molar-refractivity contribution < 1.29 is 92.0 Å². The number of nitrogens with zero attached hydrogens (tertiary/aromatic N) is 3. The summed E-state index contributed by atoms with van der Waals surface area (Å²) in [5.41, 5.74) is -5.21. The van der Waals surface area contributed by atoms with Crippen LogP contribution in [0, 0.1) is 16.0 Å². The van der Waals surface area contributed by atoms with Crippen LogP contribution >= 0.6 is 0 Å². The lowest BCUT2D eigenvalue weighted by Crippen LogP contribution is -2.71. The van der Waals surface area contributed by atoms with Crippen molar-refractivity contribution in [3.8, 4) is 0 Å². The number of likely N-dealkylation sites (tertiary alicyclic amines) is 1. The monoisotopic (exact) mass is 1170 g/mol. The lowest BCUT2D eigenvalue weighted by Gasteiger charge is -2.52. The van der Waals surface area contributed by atoms with Gasteiger partial charge in [0.25, 0.3) is 5.69 Å². The van der Waals surface area contributed by atoms with Crippen molar-refractivity contribution in [2.45, 2.75) is 211 Å². The van der Waals surface area contributed by atoms with Crippen molar-refractivity contribution >= 4 is 42.1 Å². The summed E-state index contributed by atoms with van der Waals surface area (Å²) in [5.74, 6) is -2.08. The van der Waals surface area contributed by atoms with Crippen LogP contribution in [0.15, 0.2) is 36.1 Å². The normalized spacial score (nSPS) is 27.4. The Balaban J connectivity index is 1.53. The summed E-state index contributed by atoms with van der Waals surface area (Å²) >= 11 is 0. The summed E-state index contributed by atoms with van der Waals surface area (Å²) in [6.07, 6.45) is -12.8. The van der Waals surface area contributed by atoms with E-state index in [1.807, 2.05) is 0 Å². The number of hydrogen-bond donors (Lipinski definition) is 9. The van der Waals surface area contributed by atoms with Gasteiger partial charge in [0.2, 0.25) is 5.91 Å². The van der Waals surface area contributed by atoms with Gasteiger partial charge >= 0.3 is 30.5 Å². The number of non-ortho nitro benzene ring substituents is 1. The zero-order chi connectivity index (χ0) is 61.4. The van der Waals surface area contributed by atoms with Gasteiger partial charge in [0.1, 0.15) is 64.8 Å². The first kappa shape index (κ1) is 66.5. The molecule has 6 amide bonds. The van der Waals surface area contributed by atoms with Gasteiger partial charge in [-0.05, 0) is 133 Å². The Hall–Kier alpha value is -6.30. The Labute approximate surface area is 477 Å². The molecule has 28 heteroatoms. The maximum absolute atomic E-state index is 14.1. The van der Waals surface area contributed by atoms with E-state index in [1.54, 1.807) is 89.2 Å². The van der Waals surface area contributed by atoms with Crippen LogP contribution in [0.3, 0.4) is 0 Å². The van der Waals surface area contributed by atoms with Crippen molar-refractivity contribution in [1.82, 2.24) is 36.4 Å². The average Bonchev–Trinajstić information content (AvgIpc) is 3.16. The SMILES string of the molecule is CN(C(=O)OC(C)(C)C)[C@@H]1[C@@H](O)[C@@H](O[C@@H]2[C@@H](O)[C@H](C3OC(CNC(=O)OCc4ccc([N+](=O)[O-])cc4)=CC[C@H]3NC3CN(C(=O)OC(C)(C)C)C3)[C@@H](NC(=O)OC(C)(C)C)C[C@H]2NC(=O)[C@@H](O)CCNC(=O)OC(C)(C)C)OC[C@]1(C)O. The van der Waals surface area contributed by atoms with Crippen molar-refractivity contribution in [2.75, 3.05) is 39.8 Å². The molecule has 0 bridgehead atoms. The molecular formula is C54H86N8O20. The van der Waals surface area contributed by atoms with Crippen LogP contribution < -0.4 is 26.6 Å². The van der Waals surface area contributed by atoms with E-state index in [-0.39, 0.29) is 69.5 Å². The molecular weight excluding hydrogens is 1080 g/mol. The third-order valence-electron chi connectivity index (χ3n) is 13.3. The van der Waals surface area contributed by atoms with Crippen molar-refractivity contribution in [3.05, 3.63) is 51.8 Å². The summed E-state index contributed by atoms with van der Waals surface area (Å²) in [4.78, 5) is 93.1. The number of ether oxygens (including phenoxy) is 8. The average molecular weight is 1170 g/mol. The minimum absolute atomic E-state index is 0.148. The number of nitro groups is 1. The number of alkyl carbamates (subject to hydrolysis) is 3. The number of nitrogens with one attached hydrogen (secondary N) is 5. The number of aliphatic hydroxyl groups is 4. The minimum Gasteiger partial charge on any atom is -0.491 e. The maximum Gasteiger partial charge on any atom is 0.410 e. The summed E-state index contributed by atoms with van der Waals surface area (Å²) in [6, 6.07) is 0.313. The third-order valence-corrected chi connectivity index (χ3v) is 13.3. The smallest absolute Gasteiger partial charge is 0.410 e. The number of rotatable bonds is 17. The second kappa shape index (κ2) is 27.0. The Kier molecular flexibility index (Phi) is 21.9. The molecule has 1 aromatic carbocycles. The Morgan fingerprint density at radius 2 is 1.41 bits per heavy atom. The lowest BCUT2D eigenvalue weighted by molar-refractivity contribution is -0.384. The zero-order valence-electron chi connectivity index (χ0n) is 49.3. The van der Waals surface area contributed by atoms with Gasteiger partial charge in [0, 0.05) is 62.9 Å². The molecule has 12 atom stereocenters. The van der Waals surface area contributed by atoms with Crippen LogP contribution in [-0.2, 0) is 49.3 Å². The molecule has 2 saturated heterocycles. The van der Waals surface area contributed by atoms with Gasteiger partial charge in [-0.2, -0.15) is 0 Å². The van der Waals surface area contributed by atoms with E-state index in [1.165, 1.54) is 43.1 Å². The van der Waals surface area contributed by atoms with E-state index in [9.17, 15) is 59.3 Å². The molecule has 9 N–H and O–H groups in total. The number of benzene rings is 1. The highest BCUT2D eigenvalue weighted by Crippen LogP contribution is 2.39. The molecule has 0 radical (unpaired) electrons. The van der Waals surface area contributed by atoms with Crippen LogP contribution in [0.25, 0.3) is 0 Å². The van der Waals surface area contributed by atoms with Crippen molar-refractivity contribution in [1.29, 1.82) is 0 Å². The Morgan fingerprint density at radius 1 is 0.817 bits per heavy atom. The fourth-order valence-corrected chi connectivity index (χ4v) is 9.73. The molecule has 3 aliphatic heterocycles. The first-order valence-electron chi connectivity index (χ1n) is 27.3. The molecule has 1 unspecified atom stereocenters. The van der Waals surface area contributed by atoms with Crippen LogP contribution in [0.2, 0.25) is 0 Å². The molecule has 462 valence electrons. The highest BCUT2D eigenvalue weighted by Gasteiger charge is 2.57. The second-order valence-electron chi connectivity index (χ2n) is 25.3. The number of carbonyl (C=O) groups is 6. The zero-order valence-corrected chi connectivity index (χ0v) is 49.3. The van der Waals surface area contributed by atoms with Gasteiger partial charge < -0.3 is 94.7 Å². The summed E-state index contributed by atoms with van der Waals surface area (Å²) in [6.45, 7) is 20.5. The lowest BCUT2D eigenvalue weighted by atomic mass is 9.72. The van der Waals surface area contributed by atoms with E-state index in [4.69, 9.17) is 37.9 Å². The number of aliphatic hydroxyl groups excluding tert-OH is 3. The molecule has 82 heavy (non-hydrogen) atoms. The fourth-order valence-electron chi connectivity index (χ4n) is 9.73. The predicted molar refractivity (Wildman–Crippen MR) is 290 cm³/mol. The largest absolute Gasteiger partial charge is 0.491 e. The number of nitro benzene ring substituents is 1. The summed E-state index contributed by atoms with van der Waals surface area (Å²) in [7, 11) is 1.31. The summed E-state index contributed by atoms with van der Waals surface area (Å²) < 4.78 is 46.7. The van der Waals surface area contributed by atoms with Crippen LogP contribution in [-0.4, -0.2) is 206 Å². The van der Waals surface area contributed by atoms with Gasteiger partial charge in [0.05, 0.1) is 36.3 Å². The second-order valence-corrected chi connectivity index (χ2v) is 25.3. The molecule has 5 rings (SSSR count). The van der Waals surface area contributed by atoms with Gasteiger partial charge in [0.15, 0.2) is 6.29 Å². The molecule has 3 heterocycles. The molecule has 0 spiro atoms. The van der Waals surface area contributed by atoms with E-state index >= 15 is 0 Å². The molecule has 1 aliphatic carbocycles. The topological polar surface area (TPSA) is 367 Å². The van der Waals surface area contributed by atoms with Gasteiger partial charge in [-0.15, -0.1) is 0 Å². The molecule has 28 nitrogen and oxygen atoms in total. The highest BCUT2D eigenvalue weighted by molar-refractivity contribution is 5.81. The van der Waals surface area contributed by atoms with Gasteiger partial charge in [-0.3, -0.25) is 14.9 Å². The quantitative estimate of drug-likeness (QED) is 0.0614. The third kappa shape index (κ3) is 19.7. The fraction of sp³-hybridized carbons (Fsp3) is 0.741. The minimum atomic E-state index is -1.91. The van der Waals surface area contributed by atoms with Gasteiger partial charge in [-0.25, -0.2) is 24.0 Å². The molecule has 1 aromatic rings. The number of carbonyl (C=O) groups excluding carboxylic acids is 6. The van der Waals surface area contributed by atoms with E-state index in [0.717, 1.165) is 4.90 Å². The first-order valence-corrected chi connectivity index (χ1v) is 27.3. The molecule has 3 fully saturated rings. The summed E-state index contributed by atoms with van der Waals surface area (Å²) in [5, 5.41) is 73.4. The maximum atomic E-state index is 14.1. The molecule has 1 saturated carbocycles. The number of likely N-dealkylation sites (N-methyl/N-ethyl adjacent to an activating group) is 1. The Morgan fingerprint density at radius 3 is 2.00 bits per heavy atom. The Bertz CT molecular complexity index is 2430. The van der Waals surface area contributed by atoms with Crippen LogP contribution in [0.4, 0.5) is 29.7 Å². The van der Waals surface area contributed by atoms with E-state index in [0.29, 0.717) is 5.56 Å². The van der Waals surface area contributed by atoms with Crippen molar-refractivity contribution in [2.24, 2.45) is 5.92 Å². The molecule has 4 aliphatic rings. The van der Waals surface area contributed by atoms with Crippen LogP contribution in [0.1, 0.15) is 115 Å². The van der Waals surface area contributed by atoms with Gasteiger partial charge in [-0.1, -0.05) is 0 Å². The standard InChI is InChI=1S/C54H86N8O20/c1-50(2,3)79-46(68)55-22-21-36(63)43(66)58-35-23-34(59-47(69)80-51(4,5)6)37(38(64)41(35)78-44-39(65)42(54(13,72)28-76-44)60(14)48(70)81-52(7,8)9)40-33(57-30-25-61(26-30)49(71)82-53(10,11)12)20-19-32(77-40)24-56-45(67)75-27-29-15-17-31(18-16-29)62(73)74/h15-19,30,33-42,44,57,63-65,72H,20-28H2,1-14H3,(H,55,68)(H,56,67)(H,58,66)(H,59,69)/t33-,34+,35-,36+,37-,38+,39-,40?,41+,42-,44-,54+/m1/s1. The highest BCUT2D eigenvalue weighted by atomic mass is 16.7. The van der Waals surface area contributed by atoms with E-state index < -0.39 is 143 Å². The van der Waals surface area contributed by atoms with Crippen molar-refractivity contribution in [3.63, 3.8) is 0 Å². The number of hydrogen-bond acceptors (Lipinski definition) is 21. The van der Waals surface area contributed by atoms with Crippen LogP contribution in [0.5, 0.6) is 0 Å². The molecule has 0 aromatic heterocycles. The predicted octanol–water partition coefficient (Wildman–Crippen LogP) is 3.19.